The van der Waals surface area contributed by atoms with Crippen molar-refractivity contribution in [2.75, 3.05) is 11.9 Å². The summed E-state index contributed by atoms with van der Waals surface area (Å²) in [6.45, 7) is 0.802. The summed E-state index contributed by atoms with van der Waals surface area (Å²) in [6.07, 6.45) is -1.31. The van der Waals surface area contributed by atoms with E-state index in [9.17, 15) is 22.8 Å². The molecular weight excluding hydrogens is 387 g/mol. The van der Waals surface area contributed by atoms with Gasteiger partial charge in [0.05, 0.1) is 5.69 Å². The van der Waals surface area contributed by atoms with Crippen LogP contribution in [0.5, 0.6) is 5.75 Å². The van der Waals surface area contributed by atoms with Crippen LogP contribution < -0.4 is 10.1 Å². The fraction of sp³-hybridized carbons (Fsp3) is 0.143. The van der Waals surface area contributed by atoms with E-state index >= 15 is 0 Å². The molecule has 0 aliphatic carbocycles. The van der Waals surface area contributed by atoms with Crippen molar-refractivity contribution in [2.45, 2.75) is 13.0 Å². The number of carbonyl (C=O) groups excluding carboxylic acids is 2. The van der Waals surface area contributed by atoms with Gasteiger partial charge < -0.3 is 14.8 Å². The summed E-state index contributed by atoms with van der Waals surface area (Å²) in [5.41, 5.74) is -0.566. The minimum absolute atomic E-state index is 0.446. The minimum Gasteiger partial charge on any atom is -0.482 e. The number of esters is 1. The number of nitrogens with one attached hydrogen (secondary N) is 1. The first-order chi connectivity index (χ1) is 13.8. The Morgan fingerprint density at radius 3 is 2.45 bits per heavy atom. The average molecular weight is 403 g/mol. The third-order valence-electron chi connectivity index (χ3n) is 4.05. The molecule has 1 amide bonds. The van der Waals surface area contributed by atoms with Gasteiger partial charge in [0.1, 0.15) is 5.75 Å². The van der Waals surface area contributed by atoms with Gasteiger partial charge in [-0.2, -0.15) is 0 Å². The molecule has 0 heterocycles. The SMILES string of the molecule is C[C@@H](OC(=O)COc1ccc2ccccc2c1)C(=O)Nc1ccc(F)c(F)c1F. The Morgan fingerprint density at radius 1 is 0.966 bits per heavy atom. The quantitative estimate of drug-likeness (QED) is 0.495. The molecule has 3 aromatic rings. The Balaban J connectivity index is 1.54. The molecular formula is C21H16F3NO4. The van der Waals surface area contributed by atoms with Gasteiger partial charge in [-0.05, 0) is 42.0 Å². The second-order valence-corrected chi connectivity index (χ2v) is 6.14. The van der Waals surface area contributed by atoms with E-state index in [0.29, 0.717) is 11.8 Å². The maximum Gasteiger partial charge on any atom is 0.344 e. The van der Waals surface area contributed by atoms with Gasteiger partial charge in [-0.25, -0.2) is 18.0 Å². The Kier molecular flexibility index (Phi) is 6.01. The van der Waals surface area contributed by atoms with E-state index in [0.717, 1.165) is 16.8 Å². The molecule has 0 aliphatic heterocycles. The van der Waals surface area contributed by atoms with E-state index in [2.05, 4.69) is 0 Å². The van der Waals surface area contributed by atoms with E-state index < -0.39 is 47.7 Å². The topological polar surface area (TPSA) is 64.6 Å². The van der Waals surface area contributed by atoms with E-state index in [1.165, 1.54) is 6.92 Å². The van der Waals surface area contributed by atoms with E-state index in [1.807, 2.05) is 35.6 Å². The molecule has 0 radical (unpaired) electrons. The number of carbonyl (C=O) groups is 2. The lowest BCUT2D eigenvalue weighted by atomic mass is 10.1. The minimum atomic E-state index is -1.71. The number of halogens is 3. The van der Waals surface area contributed by atoms with Gasteiger partial charge in [0.15, 0.2) is 30.2 Å². The highest BCUT2D eigenvalue weighted by atomic mass is 19.2. The van der Waals surface area contributed by atoms with E-state index in [4.69, 9.17) is 9.47 Å². The maximum atomic E-state index is 13.6. The monoisotopic (exact) mass is 403 g/mol. The summed E-state index contributed by atoms with van der Waals surface area (Å²) in [7, 11) is 0. The highest BCUT2D eigenvalue weighted by molar-refractivity contribution is 5.95. The first-order valence-corrected chi connectivity index (χ1v) is 8.60. The van der Waals surface area contributed by atoms with Gasteiger partial charge in [-0.15, -0.1) is 0 Å². The predicted octanol–water partition coefficient (Wildman–Crippen LogP) is 4.21. The lowest BCUT2D eigenvalue weighted by Crippen LogP contribution is -2.32. The van der Waals surface area contributed by atoms with Crippen LogP contribution in [0.1, 0.15) is 6.92 Å². The van der Waals surface area contributed by atoms with Gasteiger partial charge >= 0.3 is 5.97 Å². The normalized spacial score (nSPS) is 11.7. The molecule has 0 aliphatic rings. The predicted molar refractivity (Wildman–Crippen MR) is 99.9 cm³/mol. The summed E-state index contributed by atoms with van der Waals surface area (Å²) in [5.74, 6) is -5.93. The summed E-state index contributed by atoms with van der Waals surface area (Å²) in [5, 5.41) is 3.98. The van der Waals surface area contributed by atoms with E-state index in [1.54, 1.807) is 12.1 Å². The van der Waals surface area contributed by atoms with Crippen molar-refractivity contribution in [2.24, 2.45) is 0 Å². The van der Waals surface area contributed by atoms with Crippen molar-refractivity contribution in [1.82, 2.24) is 0 Å². The Labute approximate surface area is 164 Å². The number of hydrogen-bond donors (Lipinski definition) is 1. The van der Waals surface area contributed by atoms with Crippen LogP contribution in [0.25, 0.3) is 10.8 Å². The van der Waals surface area contributed by atoms with Gasteiger partial charge in [-0.1, -0.05) is 30.3 Å². The number of ether oxygens (including phenoxy) is 2. The van der Waals surface area contributed by atoms with Crippen molar-refractivity contribution in [3.8, 4) is 5.75 Å². The summed E-state index contributed by atoms with van der Waals surface area (Å²) >= 11 is 0. The zero-order chi connectivity index (χ0) is 21.0. The first-order valence-electron chi connectivity index (χ1n) is 8.60. The molecule has 0 unspecified atom stereocenters. The smallest absolute Gasteiger partial charge is 0.344 e. The van der Waals surface area contributed by atoms with Crippen molar-refractivity contribution >= 4 is 28.3 Å². The Bertz CT molecular complexity index is 1070. The van der Waals surface area contributed by atoms with Crippen molar-refractivity contribution in [3.63, 3.8) is 0 Å². The number of anilines is 1. The lowest BCUT2D eigenvalue weighted by molar-refractivity contribution is -0.155. The molecule has 3 rings (SSSR count). The van der Waals surface area contributed by atoms with Crippen LogP contribution in [-0.2, 0) is 14.3 Å². The van der Waals surface area contributed by atoms with Crippen LogP contribution >= 0.6 is 0 Å². The zero-order valence-electron chi connectivity index (χ0n) is 15.2. The van der Waals surface area contributed by atoms with Crippen molar-refractivity contribution in [3.05, 3.63) is 72.0 Å². The third-order valence-corrected chi connectivity index (χ3v) is 4.05. The molecule has 1 atom stereocenters. The average Bonchev–Trinajstić information content (AvgIpc) is 2.72. The van der Waals surface area contributed by atoms with Crippen molar-refractivity contribution in [1.29, 1.82) is 0 Å². The lowest BCUT2D eigenvalue weighted by Gasteiger charge is -2.14. The van der Waals surface area contributed by atoms with Crippen molar-refractivity contribution < 1.29 is 32.2 Å². The largest absolute Gasteiger partial charge is 0.482 e. The van der Waals surface area contributed by atoms with Crippen LogP contribution in [0.4, 0.5) is 18.9 Å². The molecule has 5 nitrogen and oxygen atoms in total. The second-order valence-electron chi connectivity index (χ2n) is 6.14. The molecule has 0 aromatic heterocycles. The number of amides is 1. The van der Waals surface area contributed by atoms with Crippen LogP contribution in [0.2, 0.25) is 0 Å². The highest BCUT2D eigenvalue weighted by Gasteiger charge is 2.21. The maximum absolute atomic E-state index is 13.6. The third kappa shape index (κ3) is 4.84. The molecule has 0 bridgehead atoms. The van der Waals surface area contributed by atoms with Crippen LogP contribution in [0.3, 0.4) is 0 Å². The molecule has 0 fully saturated rings. The molecule has 0 saturated carbocycles. The Morgan fingerprint density at radius 2 is 1.69 bits per heavy atom. The van der Waals surface area contributed by atoms with Gasteiger partial charge in [-0.3, -0.25) is 4.79 Å². The van der Waals surface area contributed by atoms with Crippen LogP contribution in [-0.4, -0.2) is 24.6 Å². The highest BCUT2D eigenvalue weighted by Crippen LogP contribution is 2.21. The van der Waals surface area contributed by atoms with Gasteiger partial charge in [0.2, 0.25) is 0 Å². The standard InChI is InChI=1S/C21H16F3NO4/c1-12(21(27)25-17-9-8-16(22)19(23)20(17)24)29-18(26)11-28-15-7-6-13-4-2-3-5-14(13)10-15/h2-10,12H,11H2,1H3,(H,25,27)/t12-/m1/s1. The number of fused-ring (bicyclic) bond motifs is 1. The molecule has 3 aromatic carbocycles. The first kappa shape index (κ1) is 20.2. The summed E-state index contributed by atoms with van der Waals surface area (Å²) in [4.78, 5) is 23.9. The molecule has 0 spiro atoms. The van der Waals surface area contributed by atoms with Crippen LogP contribution in [0.15, 0.2) is 54.6 Å². The Hall–Kier alpha value is -3.55. The fourth-order valence-electron chi connectivity index (χ4n) is 2.54. The fourth-order valence-corrected chi connectivity index (χ4v) is 2.54. The molecule has 1 N–H and O–H groups in total. The van der Waals surface area contributed by atoms with E-state index in [-0.39, 0.29) is 0 Å². The second kappa shape index (κ2) is 8.64. The van der Waals surface area contributed by atoms with Gasteiger partial charge in [0, 0.05) is 0 Å². The van der Waals surface area contributed by atoms with Gasteiger partial charge in [0.25, 0.3) is 5.91 Å². The number of rotatable bonds is 6. The zero-order valence-corrected chi connectivity index (χ0v) is 15.2. The number of benzene rings is 3. The number of hydrogen-bond acceptors (Lipinski definition) is 4. The summed E-state index contributed by atoms with van der Waals surface area (Å²) < 4.78 is 50.0. The molecule has 8 heteroatoms. The molecule has 0 saturated heterocycles. The molecule has 29 heavy (non-hydrogen) atoms. The van der Waals surface area contributed by atoms with Crippen LogP contribution in [0, 0.1) is 17.5 Å². The summed E-state index contributed by atoms with van der Waals surface area (Å²) in [6, 6.07) is 14.4. The molecule has 150 valence electrons.